The second-order valence-corrected chi connectivity index (χ2v) is 6.70. The molecule has 0 unspecified atom stereocenters. The Labute approximate surface area is 131 Å². The third-order valence-corrected chi connectivity index (χ3v) is 4.30. The summed E-state index contributed by atoms with van der Waals surface area (Å²) in [4.78, 5) is 24.9. The quantitative estimate of drug-likeness (QED) is 0.855. The number of carbonyl (C=O) groups excluding carboxylic acids is 2. The van der Waals surface area contributed by atoms with Gasteiger partial charge in [-0.25, -0.2) is 9.48 Å². The molecule has 1 N–H and O–H groups in total. The highest BCUT2D eigenvalue weighted by Gasteiger charge is 2.24. The average Bonchev–Trinajstić information content (AvgIpc) is 3.06. The molecular formula is C13H17N5O3S. The molecule has 0 bridgehead atoms. The lowest BCUT2D eigenvalue weighted by atomic mass is 9.94. The number of aromatic nitrogens is 4. The molecule has 1 amide bonds. The first-order valence-electron chi connectivity index (χ1n) is 6.54. The van der Waals surface area contributed by atoms with Gasteiger partial charge >= 0.3 is 5.97 Å². The standard InChI is InChI=1S/C13H17N5O3S/c1-13(2,3)9-5-8(12(20)21-4)11(22-9)15-10(19)6-18-7-14-16-17-18/h5,7H,6H2,1-4H3,(H,15,19). The van der Waals surface area contributed by atoms with E-state index < -0.39 is 5.97 Å². The van der Waals surface area contributed by atoms with Crippen molar-refractivity contribution in [1.82, 2.24) is 20.2 Å². The zero-order chi connectivity index (χ0) is 16.3. The van der Waals surface area contributed by atoms with Crippen molar-refractivity contribution in [2.24, 2.45) is 0 Å². The molecule has 0 aromatic carbocycles. The Morgan fingerprint density at radius 3 is 2.68 bits per heavy atom. The molecule has 0 radical (unpaired) electrons. The topological polar surface area (TPSA) is 99.0 Å². The van der Waals surface area contributed by atoms with E-state index in [4.69, 9.17) is 4.74 Å². The van der Waals surface area contributed by atoms with Crippen molar-refractivity contribution in [1.29, 1.82) is 0 Å². The summed E-state index contributed by atoms with van der Waals surface area (Å²) in [5.41, 5.74) is 0.217. The molecule has 0 aliphatic rings. The minimum absolute atomic E-state index is 0.0314. The maximum Gasteiger partial charge on any atom is 0.340 e. The van der Waals surface area contributed by atoms with Crippen molar-refractivity contribution in [2.45, 2.75) is 32.7 Å². The predicted octanol–water partition coefficient (Wildman–Crippen LogP) is 1.46. The van der Waals surface area contributed by atoms with Gasteiger partial charge < -0.3 is 10.1 Å². The number of nitrogens with one attached hydrogen (secondary N) is 1. The van der Waals surface area contributed by atoms with E-state index in [2.05, 4.69) is 20.8 Å². The van der Waals surface area contributed by atoms with Crippen LogP contribution in [0.1, 0.15) is 36.0 Å². The Hall–Kier alpha value is -2.29. The van der Waals surface area contributed by atoms with Crippen molar-refractivity contribution >= 4 is 28.2 Å². The van der Waals surface area contributed by atoms with E-state index in [9.17, 15) is 9.59 Å². The van der Waals surface area contributed by atoms with E-state index >= 15 is 0 Å². The first-order valence-corrected chi connectivity index (χ1v) is 7.36. The average molecular weight is 323 g/mol. The predicted molar refractivity (Wildman–Crippen MR) is 80.8 cm³/mol. The van der Waals surface area contributed by atoms with Crippen LogP contribution < -0.4 is 5.32 Å². The van der Waals surface area contributed by atoms with Gasteiger partial charge in [0.15, 0.2) is 0 Å². The molecule has 0 atom stereocenters. The van der Waals surface area contributed by atoms with E-state index in [1.165, 1.54) is 29.5 Å². The fourth-order valence-electron chi connectivity index (χ4n) is 1.68. The number of methoxy groups -OCH3 is 1. The fraction of sp³-hybridized carbons (Fsp3) is 0.462. The summed E-state index contributed by atoms with van der Waals surface area (Å²) in [5.74, 6) is -0.802. The SMILES string of the molecule is COC(=O)c1cc(C(C)(C)C)sc1NC(=O)Cn1cnnn1. The summed E-state index contributed by atoms with van der Waals surface area (Å²) >= 11 is 1.36. The maximum atomic E-state index is 12.0. The van der Waals surface area contributed by atoms with Gasteiger partial charge in [0.2, 0.25) is 5.91 Å². The van der Waals surface area contributed by atoms with Gasteiger partial charge in [-0.3, -0.25) is 4.79 Å². The number of hydrogen-bond acceptors (Lipinski definition) is 7. The number of ether oxygens (including phenoxy) is 1. The van der Waals surface area contributed by atoms with Crippen LogP contribution in [0, 0.1) is 0 Å². The Morgan fingerprint density at radius 1 is 1.41 bits per heavy atom. The number of hydrogen-bond donors (Lipinski definition) is 1. The second kappa shape index (κ2) is 6.22. The largest absolute Gasteiger partial charge is 0.465 e. The normalized spacial score (nSPS) is 11.3. The number of amides is 1. The van der Waals surface area contributed by atoms with Gasteiger partial charge in [-0.1, -0.05) is 20.8 Å². The van der Waals surface area contributed by atoms with Crippen LogP contribution in [0.4, 0.5) is 5.00 Å². The molecule has 0 aliphatic carbocycles. The van der Waals surface area contributed by atoms with Gasteiger partial charge in [-0.15, -0.1) is 16.4 Å². The minimum atomic E-state index is -0.482. The monoisotopic (exact) mass is 323 g/mol. The van der Waals surface area contributed by atoms with Crippen LogP contribution in [0.2, 0.25) is 0 Å². The summed E-state index contributed by atoms with van der Waals surface area (Å²) in [6, 6.07) is 1.75. The zero-order valence-corrected chi connectivity index (χ0v) is 13.6. The summed E-state index contributed by atoms with van der Waals surface area (Å²) in [7, 11) is 1.31. The lowest BCUT2D eigenvalue weighted by Crippen LogP contribution is -2.19. The van der Waals surface area contributed by atoms with E-state index in [0.29, 0.717) is 10.6 Å². The minimum Gasteiger partial charge on any atom is -0.465 e. The van der Waals surface area contributed by atoms with Crippen LogP contribution in [0.15, 0.2) is 12.4 Å². The smallest absolute Gasteiger partial charge is 0.340 e. The highest BCUT2D eigenvalue weighted by molar-refractivity contribution is 7.16. The molecular weight excluding hydrogens is 306 g/mol. The first kappa shape index (κ1) is 16.1. The van der Waals surface area contributed by atoms with Crippen molar-refractivity contribution in [3.05, 3.63) is 22.8 Å². The molecule has 0 spiro atoms. The Balaban J connectivity index is 2.23. The number of tetrazole rings is 1. The van der Waals surface area contributed by atoms with Crippen molar-refractivity contribution in [3.8, 4) is 0 Å². The highest BCUT2D eigenvalue weighted by atomic mass is 32.1. The Bertz CT molecular complexity index is 672. The van der Waals surface area contributed by atoms with E-state index in [1.54, 1.807) is 6.07 Å². The molecule has 0 aliphatic heterocycles. The number of carbonyl (C=O) groups is 2. The number of nitrogens with zero attached hydrogens (tertiary/aromatic N) is 4. The number of thiophene rings is 1. The molecule has 2 rings (SSSR count). The summed E-state index contributed by atoms with van der Waals surface area (Å²) in [5, 5.41) is 13.7. The number of rotatable bonds is 4. The molecule has 0 saturated heterocycles. The summed E-state index contributed by atoms with van der Waals surface area (Å²) in [6.45, 7) is 6.07. The molecule has 0 fully saturated rings. The molecule has 2 heterocycles. The molecule has 0 saturated carbocycles. The lowest BCUT2D eigenvalue weighted by molar-refractivity contribution is -0.116. The molecule has 22 heavy (non-hydrogen) atoms. The Kier molecular flexibility index (Phi) is 4.55. The van der Waals surface area contributed by atoms with Crippen LogP contribution in [-0.4, -0.2) is 39.2 Å². The summed E-state index contributed by atoms with van der Waals surface area (Å²) < 4.78 is 6.07. The molecule has 118 valence electrons. The van der Waals surface area contributed by atoms with Crippen LogP contribution in [-0.2, 0) is 21.5 Å². The van der Waals surface area contributed by atoms with Crippen molar-refractivity contribution < 1.29 is 14.3 Å². The molecule has 9 heteroatoms. The second-order valence-electron chi connectivity index (χ2n) is 5.65. The van der Waals surface area contributed by atoms with Gasteiger partial charge in [0.1, 0.15) is 17.9 Å². The van der Waals surface area contributed by atoms with Crippen LogP contribution >= 0.6 is 11.3 Å². The molecule has 2 aromatic heterocycles. The van der Waals surface area contributed by atoms with E-state index in [-0.39, 0.29) is 17.9 Å². The van der Waals surface area contributed by atoms with Crippen LogP contribution in [0.5, 0.6) is 0 Å². The first-order chi connectivity index (χ1) is 10.3. The van der Waals surface area contributed by atoms with Crippen LogP contribution in [0.25, 0.3) is 0 Å². The zero-order valence-electron chi connectivity index (χ0n) is 12.8. The van der Waals surface area contributed by atoms with Crippen molar-refractivity contribution in [3.63, 3.8) is 0 Å². The highest BCUT2D eigenvalue weighted by Crippen LogP contribution is 2.36. The number of esters is 1. The van der Waals surface area contributed by atoms with Gasteiger partial charge in [0, 0.05) is 4.88 Å². The van der Waals surface area contributed by atoms with E-state index in [1.807, 2.05) is 20.8 Å². The Morgan fingerprint density at radius 2 is 2.14 bits per heavy atom. The van der Waals surface area contributed by atoms with Gasteiger partial charge in [0.25, 0.3) is 0 Å². The maximum absolute atomic E-state index is 12.0. The van der Waals surface area contributed by atoms with Crippen LogP contribution in [0.3, 0.4) is 0 Å². The third-order valence-electron chi connectivity index (χ3n) is 2.83. The van der Waals surface area contributed by atoms with Gasteiger partial charge in [-0.05, 0) is 21.9 Å². The fourth-order valence-corrected chi connectivity index (χ4v) is 2.80. The van der Waals surface area contributed by atoms with Crippen molar-refractivity contribution in [2.75, 3.05) is 12.4 Å². The number of anilines is 1. The molecule has 2 aromatic rings. The van der Waals surface area contributed by atoms with E-state index in [0.717, 1.165) is 4.88 Å². The summed E-state index contributed by atoms with van der Waals surface area (Å²) in [6.07, 6.45) is 1.34. The van der Waals surface area contributed by atoms with Gasteiger partial charge in [-0.2, -0.15) is 0 Å². The third kappa shape index (κ3) is 3.67. The lowest BCUT2D eigenvalue weighted by Gasteiger charge is -2.15. The molecule has 8 nitrogen and oxygen atoms in total. The van der Waals surface area contributed by atoms with Gasteiger partial charge in [0.05, 0.1) is 12.7 Å².